The van der Waals surface area contributed by atoms with Gasteiger partial charge in [0.25, 0.3) is 0 Å². The Hall–Kier alpha value is -1.49. The molecule has 0 aliphatic heterocycles. The van der Waals surface area contributed by atoms with Gasteiger partial charge in [-0.2, -0.15) is 0 Å². The van der Waals surface area contributed by atoms with Gasteiger partial charge in [-0.3, -0.25) is 5.32 Å². The Morgan fingerprint density at radius 1 is 1.29 bits per heavy atom. The third-order valence-electron chi connectivity index (χ3n) is 2.04. The summed E-state index contributed by atoms with van der Waals surface area (Å²) in [6.45, 7) is 6.61. The highest BCUT2D eigenvalue weighted by Crippen LogP contribution is 2.10. The molecule has 17 heavy (non-hydrogen) atoms. The van der Waals surface area contributed by atoms with Crippen molar-refractivity contribution in [2.45, 2.75) is 33.2 Å². The maximum absolute atomic E-state index is 11.5. The van der Waals surface area contributed by atoms with Gasteiger partial charge in [-0.05, 0) is 38.4 Å². The minimum absolute atomic E-state index is 0.484. The summed E-state index contributed by atoms with van der Waals surface area (Å²) < 4.78 is 5.12. The molecule has 0 atom stereocenters. The first kappa shape index (κ1) is 13.6. The zero-order valence-corrected chi connectivity index (χ0v) is 10.7. The van der Waals surface area contributed by atoms with Gasteiger partial charge in [0.05, 0.1) is 0 Å². The van der Waals surface area contributed by atoms with E-state index >= 15 is 0 Å². The van der Waals surface area contributed by atoms with E-state index < -0.39 is 18.6 Å². The molecule has 5 heteroatoms. The lowest BCUT2D eigenvalue weighted by molar-refractivity contribution is 0.0636. The monoisotopic (exact) mass is 235 g/mol. The molecule has 1 rings (SSSR count). The second kappa shape index (κ2) is 5.23. The first-order valence-corrected chi connectivity index (χ1v) is 5.56. The third-order valence-corrected chi connectivity index (χ3v) is 2.04. The van der Waals surface area contributed by atoms with Crippen LogP contribution < -0.4 is 10.8 Å². The standard InChI is InChI=1S/C12H18BNO3/c1-12(2,3)17-11(15)14-10-7-5-9(6-8-10)13(4)16/h5-8,16H,1-4H3,(H,14,15). The zero-order chi connectivity index (χ0) is 13.1. The van der Waals surface area contributed by atoms with Crippen molar-refractivity contribution in [3.05, 3.63) is 24.3 Å². The number of anilines is 1. The van der Waals surface area contributed by atoms with Crippen molar-refractivity contribution in [1.82, 2.24) is 0 Å². The zero-order valence-electron chi connectivity index (χ0n) is 10.7. The van der Waals surface area contributed by atoms with Crippen LogP contribution in [-0.4, -0.2) is 23.6 Å². The Morgan fingerprint density at radius 2 is 1.82 bits per heavy atom. The number of amides is 1. The maximum Gasteiger partial charge on any atom is 0.412 e. The van der Waals surface area contributed by atoms with E-state index in [4.69, 9.17) is 4.74 Å². The SMILES string of the molecule is CB(O)c1ccc(NC(=O)OC(C)(C)C)cc1. The summed E-state index contributed by atoms with van der Waals surface area (Å²) in [5, 5.41) is 12.0. The molecule has 0 heterocycles. The highest BCUT2D eigenvalue weighted by atomic mass is 16.6. The van der Waals surface area contributed by atoms with Gasteiger partial charge in [0.1, 0.15) is 5.60 Å². The number of rotatable bonds is 2. The van der Waals surface area contributed by atoms with Crippen LogP contribution in [0.5, 0.6) is 0 Å². The van der Waals surface area contributed by atoms with Gasteiger partial charge in [-0.25, -0.2) is 4.79 Å². The summed E-state index contributed by atoms with van der Waals surface area (Å²) in [4.78, 5) is 11.5. The quantitative estimate of drug-likeness (QED) is 0.769. The number of carbonyl (C=O) groups is 1. The van der Waals surface area contributed by atoms with Crippen molar-refractivity contribution in [3.8, 4) is 0 Å². The smallest absolute Gasteiger partial charge is 0.412 e. The lowest BCUT2D eigenvalue weighted by Gasteiger charge is -2.19. The molecule has 0 aliphatic rings. The van der Waals surface area contributed by atoms with Gasteiger partial charge in [-0.15, -0.1) is 0 Å². The van der Waals surface area contributed by atoms with Gasteiger partial charge in [0, 0.05) is 5.69 Å². The Labute approximate surface area is 102 Å². The number of nitrogens with one attached hydrogen (secondary N) is 1. The Morgan fingerprint density at radius 3 is 2.24 bits per heavy atom. The van der Waals surface area contributed by atoms with Crippen LogP contribution in [0.4, 0.5) is 10.5 Å². The molecule has 4 nitrogen and oxygen atoms in total. The van der Waals surface area contributed by atoms with Gasteiger partial charge in [0.2, 0.25) is 0 Å². The summed E-state index contributed by atoms with van der Waals surface area (Å²) in [5.74, 6) is 0. The average molecular weight is 235 g/mol. The molecule has 0 aliphatic carbocycles. The molecular weight excluding hydrogens is 217 g/mol. The van der Waals surface area contributed by atoms with Crippen molar-refractivity contribution in [3.63, 3.8) is 0 Å². The molecule has 1 aromatic rings. The molecule has 0 aromatic heterocycles. The molecule has 0 spiro atoms. The van der Waals surface area contributed by atoms with Gasteiger partial charge in [0.15, 0.2) is 0 Å². The van der Waals surface area contributed by atoms with Crippen molar-refractivity contribution < 1.29 is 14.6 Å². The van der Waals surface area contributed by atoms with E-state index in [9.17, 15) is 9.82 Å². The summed E-state index contributed by atoms with van der Waals surface area (Å²) in [5.41, 5.74) is 0.937. The van der Waals surface area contributed by atoms with E-state index in [1.807, 2.05) is 20.8 Å². The summed E-state index contributed by atoms with van der Waals surface area (Å²) in [6, 6.07) is 6.98. The van der Waals surface area contributed by atoms with Crippen LogP contribution >= 0.6 is 0 Å². The van der Waals surface area contributed by atoms with Crippen molar-refractivity contribution in [2.24, 2.45) is 0 Å². The fourth-order valence-electron chi connectivity index (χ4n) is 1.27. The Bertz CT molecular complexity index is 382. The van der Waals surface area contributed by atoms with Gasteiger partial charge < -0.3 is 9.76 Å². The van der Waals surface area contributed by atoms with E-state index in [2.05, 4.69) is 5.32 Å². The molecule has 1 aromatic carbocycles. The summed E-state index contributed by atoms with van der Waals surface area (Å²) in [6.07, 6.45) is -0.484. The van der Waals surface area contributed by atoms with Crippen LogP contribution in [0.1, 0.15) is 20.8 Å². The fourth-order valence-corrected chi connectivity index (χ4v) is 1.27. The normalized spacial score (nSPS) is 10.9. The molecular formula is C12H18BNO3. The van der Waals surface area contributed by atoms with E-state index in [0.717, 1.165) is 5.46 Å². The number of hydrogen-bond acceptors (Lipinski definition) is 3. The largest absolute Gasteiger partial charge is 0.447 e. The average Bonchev–Trinajstić information content (AvgIpc) is 2.15. The van der Waals surface area contributed by atoms with Crippen molar-refractivity contribution in [2.75, 3.05) is 5.32 Å². The van der Waals surface area contributed by atoms with Crippen LogP contribution in [0.15, 0.2) is 24.3 Å². The molecule has 0 saturated carbocycles. The van der Waals surface area contributed by atoms with Crippen LogP contribution in [0.25, 0.3) is 0 Å². The number of benzene rings is 1. The van der Waals surface area contributed by atoms with Crippen LogP contribution in [0.3, 0.4) is 0 Å². The molecule has 1 amide bonds. The van der Waals surface area contributed by atoms with Crippen LogP contribution in [0.2, 0.25) is 6.82 Å². The highest BCUT2D eigenvalue weighted by molar-refractivity contribution is 6.64. The maximum atomic E-state index is 11.5. The lowest BCUT2D eigenvalue weighted by atomic mass is 9.64. The number of ether oxygens (including phenoxy) is 1. The predicted octanol–water partition coefficient (Wildman–Crippen LogP) is 1.85. The predicted molar refractivity (Wildman–Crippen MR) is 69.8 cm³/mol. The number of hydrogen-bond donors (Lipinski definition) is 2. The van der Waals surface area contributed by atoms with Crippen LogP contribution in [0, 0.1) is 0 Å². The minimum Gasteiger partial charge on any atom is -0.447 e. The number of carbonyl (C=O) groups excluding carboxylic acids is 1. The van der Waals surface area contributed by atoms with E-state index in [1.165, 1.54) is 0 Å². The van der Waals surface area contributed by atoms with E-state index in [0.29, 0.717) is 5.69 Å². The summed E-state index contributed by atoms with van der Waals surface area (Å²) >= 11 is 0. The Kier molecular flexibility index (Phi) is 4.18. The molecule has 2 N–H and O–H groups in total. The van der Waals surface area contributed by atoms with Gasteiger partial charge >= 0.3 is 13.0 Å². The molecule has 0 bridgehead atoms. The first-order valence-electron chi connectivity index (χ1n) is 5.56. The third kappa shape index (κ3) is 4.91. The van der Waals surface area contributed by atoms with Crippen LogP contribution in [-0.2, 0) is 4.74 Å². The summed E-state index contributed by atoms with van der Waals surface area (Å²) in [7, 11) is 0. The molecule has 0 unspecified atom stereocenters. The molecule has 0 radical (unpaired) electrons. The lowest BCUT2D eigenvalue weighted by Crippen LogP contribution is -2.28. The highest BCUT2D eigenvalue weighted by Gasteiger charge is 2.16. The second-order valence-corrected chi connectivity index (χ2v) is 4.92. The van der Waals surface area contributed by atoms with Crippen molar-refractivity contribution >= 4 is 24.2 Å². The van der Waals surface area contributed by atoms with E-state index in [-0.39, 0.29) is 0 Å². The molecule has 0 saturated heterocycles. The second-order valence-electron chi connectivity index (χ2n) is 4.92. The van der Waals surface area contributed by atoms with E-state index in [1.54, 1.807) is 31.1 Å². The van der Waals surface area contributed by atoms with Gasteiger partial charge in [-0.1, -0.05) is 19.0 Å². The fraction of sp³-hybridized carbons (Fsp3) is 0.417. The van der Waals surface area contributed by atoms with Crippen molar-refractivity contribution in [1.29, 1.82) is 0 Å². The topological polar surface area (TPSA) is 58.6 Å². The minimum atomic E-state index is -0.510. The Balaban J connectivity index is 2.61. The first-order chi connectivity index (χ1) is 7.78. The molecule has 92 valence electrons. The molecule has 0 fully saturated rings.